The van der Waals surface area contributed by atoms with Crippen LogP contribution in [0.3, 0.4) is 0 Å². The molecule has 1 aromatic carbocycles. The van der Waals surface area contributed by atoms with E-state index in [4.69, 9.17) is 10.2 Å². The van der Waals surface area contributed by atoms with E-state index in [1.165, 1.54) is 0 Å². The standard InChI is InChI=1S/C14H14O2/c1-11(7-9-15)13-3-5-14(6-4-13)12(2)8-10-16/h3-6,11-12,15-16H,1-2H3. The predicted octanol–water partition coefficient (Wildman–Crippen LogP) is 2.56. The molecule has 0 saturated carbocycles. The number of benzene rings is 1. The van der Waals surface area contributed by atoms with Crippen LogP contribution >= 0.6 is 0 Å². The van der Waals surface area contributed by atoms with Gasteiger partial charge in [-0.1, -0.05) is 36.1 Å². The van der Waals surface area contributed by atoms with Gasteiger partial charge in [-0.15, -0.1) is 0 Å². The Hall–Kier alpha value is -2.06. The second-order valence-electron chi connectivity index (χ2n) is 3.62. The van der Waals surface area contributed by atoms with Gasteiger partial charge in [0.25, 0.3) is 0 Å². The van der Waals surface area contributed by atoms with Crippen LogP contribution in [0.4, 0.5) is 0 Å². The van der Waals surface area contributed by atoms with Crippen molar-refractivity contribution in [3.8, 4) is 24.1 Å². The van der Waals surface area contributed by atoms with Crippen LogP contribution in [0.1, 0.15) is 36.8 Å². The van der Waals surface area contributed by atoms with E-state index >= 15 is 0 Å². The summed E-state index contributed by atoms with van der Waals surface area (Å²) in [6.45, 7) is 3.85. The number of rotatable bonds is 2. The average Bonchev–Trinajstić information content (AvgIpc) is 2.30. The van der Waals surface area contributed by atoms with Crippen LogP contribution in [0.5, 0.6) is 0 Å². The van der Waals surface area contributed by atoms with Crippen LogP contribution in [-0.2, 0) is 0 Å². The molecule has 0 spiro atoms. The molecule has 2 atom stereocenters. The zero-order chi connectivity index (χ0) is 12.0. The van der Waals surface area contributed by atoms with Gasteiger partial charge >= 0.3 is 0 Å². The molecule has 1 aromatic rings. The third-order valence-electron chi connectivity index (χ3n) is 2.50. The summed E-state index contributed by atoms with van der Waals surface area (Å²) in [6, 6.07) is 7.83. The van der Waals surface area contributed by atoms with Gasteiger partial charge in [-0.25, -0.2) is 0 Å². The molecule has 0 bridgehead atoms. The fourth-order valence-corrected chi connectivity index (χ4v) is 1.43. The molecule has 0 aliphatic rings. The molecule has 0 amide bonds. The van der Waals surface area contributed by atoms with Crippen LogP contribution in [-0.4, -0.2) is 10.2 Å². The van der Waals surface area contributed by atoms with Crippen LogP contribution in [0.2, 0.25) is 0 Å². The lowest BCUT2D eigenvalue weighted by molar-refractivity contribution is 0.515. The quantitative estimate of drug-likeness (QED) is 0.743. The highest BCUT2D eigenvalue weighted by Gasteiger charge is 2.05. The number of aliphatic hydroxyl groups excluding tert-OH is 2. The monoisotopic (exact) mass is 214 g/mol. The summed E-state index contributed by atoms with van der Waals surface area (Å²) in [5.74, 6) is 5.37. The first-order valence-corrected chi connectivity index (χ1v) is 5.08. The fourth-order valence-electron chi connectivity index (χ4n) is 1.43. The molecule has 2 heteroatoms. The molecule has 0 saturated heterocycles. The van der Waals surface area contributed by atoms with E-state index < -0.39 is 0 Å². The normalized spacial score (nSPS) is 12.6. The Morgan fingerprint density at radius 1 is 0.812 bits per heavy atom. The van der Waals surface area contributed by atoms with E-state index in [0.717, 1.165) is 11.1 Å². The van der Waals surface area contributed by atoms with Gasteiger partial charge in [0.15, 0.2) is 0 Å². The van der Waals surface area contributed by atoms with Crippen molar-refractivity contribution in [2.24, 2.45) is 0 Å². The van der Waals surface area contributed by atoms with Crippen LogP contribution < -0.4 is 0 Å². The minimum absolute atomic E-state index is 0.0123. The third kappa shape index (κ3) is 2.97. The highest BCUT2D eigenvalue weighted by molar-refractivity contribution is 5.33. The summed E-state index contributed by atoms with van der Waals surface area (Å²) in [5, 5.41) is 17.0. The van der Waals surface area contributed by atoms with Crippen LogP contribution in [0.25, 0.3) is 0 Å². The highest BCUT2D eigenvalue weighted by atomic mass is 16.2. The maximum absolute atomic E-state index is 8.50. The Morgan fingerprint density at radius 3 is 1.38 bits per heavy atom. The molecule has 2 unspecified atom stereocenters. The molecule has 0 aromatic heterocycles. The maximum atomic E-state index is 8.50. The largest absolute Gasteiger partial charge is 0.462 e. The molecule has 2 N–H and O–H groups in total. The lowest BCUT2D eigenvalue weighted by Gasteiger charge is -2.07. The van der Waals surface area contributed by atoms with E-state index in [2.05, 4.69) is 11.8 Å². The van der Waals surface area contributed by atoms with Gasteiger partial charge in [0.2, 0.25) is 0 Å². The van der Waals surface area contributed by atoms with Gasteiger partial charge < -0.3 is 10.2 Å². The van der Waals surface area contributed by atoms with Gasteiger partial charge in [-0.05, 0) is 25.0 Å². The second-order valence-corrected chi connectivity index (χ2v) is 3.62. The summed E-state index contributed by atoms with van der Waals surface area (Å²) < 4.78 is 0. The Morgan fingerprint density at radius 2 is 1.12 bits per heavy atom. The molecule has 0 heterocycles. The third-order valence-corrected chi connectivity index (χ3v) is 2.50. The molecular formula is C14H14O2. The molecule has 0 radical (unpaired) electrons. The zero-order valence-corrected chi connectivity index (χ0v) is 9.36. The lowest BCUT2D eigenvalue weighted by Crippen LogP contribution is -1.93. The van der Waals surface area contributed by atoms with Crippen molar-refractivity contribution in [1.29, 1.82) is 0 Å². The van der Waals surface area contributed by atoms with Gasteiger partial charge in [-0.2, -0.15) is 0 Å². The summed E-state index contributed by atoms with van der Waals surface area (Å²) in [6.07, 6.45) is 3.84. The van der Waals surface area contributed by atoms with Gasteiger partial charge in [0.05, 0.1) is 0 Å². The fraction of sp³-hybridized carbons (Fsp3) is 0.286. The van der Waals surface area contributed by atoms with Crippen molar-refractivity contribution in [2.45, 2.75) is 25.7 Å². The van der Waals surface area contributed by atoms with E-state index in [1.807, 2.05) is 50.3 Å². The molecule has 82 valence electrons. The first-order valence-electron chi connectivity index (χ1n) is 5.08. The summed E-state index contributed by atoms with van der Waals surface area (Å²) >= 11 is 0. The molecule has 1 rings (SSSR count). The topological polar surface area (TPSA) is 40.5 Å². The molecule has 2 nitrogen and oxygen atoms in total. The lowest BCUT2D eigenvalue weighted by atomic mass is 9.96. The zero-order valence-electron chi connectivity index (χ0n) is 9.36. The van der Waals surface area contributed by atoms with Crippen molar-refractivity contribution in [3.63, 3.8) is 0 Å². The van der Waals surface area contributed by atoms with E-state index in [1.54, 1.807) is 0 Å². The molecule has 0 fully saturated rings. The second kappa shape index (κ2) is 5.73. The summed E-state index contributed by atoms with van der Waals surface area (Å²) in [7, 11) is 0. The number of aliphatic hydroxyl groups is 2. The van der Waals surface area contributed by atoms with E-state index in [-0.39, 0.29) is 11.8 Å². The van der Waals surface area contributed by atoms with Crippen molar-refractivity contribution in [3.05, 3.63) is 35.4 Å². The summed E-state index contributed by atoms with van der Waals surface area (Å²) in [5.41, 5.74) is 2.10. The Balaban J connectivity index is 2.88. The Bertz CT molecular complexity index is 406. The van der Waals surface area contributed by atoms with Crippen molar-refractivity contribution < 1.29 is 10.2 Å². The Kier molecular flexibility index (Phi) is 4.30. The first kappa shape index (κ1) is 12.0. The van der Waals surface area contributed by atoms with Gasteiger partial charge in [0.1, 0.15) is 12.2 Å². The smallest absolute Gasteiger partial charge is 0.108 e. The van der Waals surface area contributed by atoms with Crippen LogP contribution in [0.15, 0.2) is 24.3 Å². The maximum Gasteiger partial charge on any atom is 0.108 e. The predicted molar refractivity (Wildman–Crippen MR) is 62.7 cm³/mol. The molecular weight excluding hydrogens is 200 g/mol. The van der Waals surface area contributed by atoms with Crippen molar-refractivity contribution >= 4 is 0 Å². The van der Waals surface area contributed by atoms with Crippen LogP contribution in [0, 0.1) is 24.1 Å². The van der Waals surface area contributed by atoms with E-state index in [9.17, 15) is 0 Å². The van der Waals surface area contributed by atoms with Crippen molar-refractivity contribution in [1.82, 2.24) is 0 Å². The van der Waals surface area contributed by atoms with E-state index in [0.29, 0.717) is 0 Å². The molecule has 0 aliphatic carbocycles. The minimum atomic E-state index is 0.0123. The number of hydrogen-bond acceptors (Lipinski definition) is 2. The summed E-state index contributed by atoms with van der Waals surface area (Å²) in [4.78, 5) is 0. The first-order chi connectivity index (χ1) is 7.69. The van der Waals surface area contributed by atoms with Gasteiger partial charge in [-0.3, -0.25) is 0 Å². The van der Waals surface area contributed by atoms with Crippen molar-refractivity contribution in [2.75, 3.05) is 0 Å². The average molecular weight is 214 g/mol. The molecule has 16 heavy (non-hydrogen) atoms. The van der Waals surface area contributed by atoms with Gasteiger partial charge in [0, 0.05) is 11.8 Å². The minimum Gasteiger partial charge on any atom is -0.462 e. The Labute approximate surface area is 95.9 Å². The highest BCUT2D eigenvalue weighted by Crippen LogP contribution is 2.19. The number of hydrogen-bond donors (Lipinski definition) is 2. The SMILES string of the molecule is CC(C#CO)c1ccc(C(C)C#CO)cc1. The molecule has 0 aliphatic heterocycles.